The summed E-state index contributed by atoms with van der Waals surface area (Å²) in [5.74, 6) is 1.02. The smallest absolute Gasteiger partial charge is 0.271 e. The standard InChI is InChI=1S/C22H25BrN2O4/c1-4-27-19-13-17(14-20(28-5-2)21(19)29-6-3)22(26)25-24-15-18(23)12-16-10-8-7-9-11-16/h7-15H,4-6H2,1-3H3,(H,25,26)/b18-12-,24-15+. The molecule has 2 aromatic rings. The predicted octanol–water partition coefficient (Wildman–Crippen LogP) is 5.03. The number of halogens is 1. The minimum Gasteiger partial charge on any atom is -0.490 e. The molecule has 2 aromatic carbocycles. The molecule has 0 radical (unpaired) electrons. The molecule has 1 N–H and O–H groups in total. The molecule has 0 saturated heterocycles. The second-order valence-corrected chi connectivity index (χ2v) is 6.66. The minimum atomic E-state index is -0.383. The molecule has 0 unspecified atom stereocenters. The maximum absolute atomic E-state index is 12.6. The van der Waals surface area contributed by atoms with Crippen LogP contribution in [0.25, 0.3) is 6.08 Å². The summed E-state index contributed by atoms with van der Waals surface area (Å²) < 4.78 is 17.6. The van der Waals surface area contributed by atoms with Crippen molar-refractivity contribution in [3.05, 3.63) is 58.1 Å². The lowest BCUT2D eigenvalue weighted by atomic mass is 10.1. The van der Waals surface area contributed by atoms with E-state index in [1.54, 1.807) is 12.1 Å². The third-order valence-electron chi connectivity index (χ3n) is 3.63. The van der Waals surface area contributed by atoms with E-state index in [0.29, 0.717) is 42.6 Å². The van der Waals surface area contributed by atoms with Crippen molar-refractivity contribution in [3.63, 3.8) is 0 Å². The summed E-state index contributed by atoms with van der Waals surface area (Å²) in [4.78, 5) is 12.6. The number of nitrogens with zero attached hydrogens (tertiary/aromatic N) is 1. The van der Waals surface area contributed by atoms with Crippen LogP contribution in [-0.4, -0.2) is 31.9 Å². The van der Waals surface area contributed by atoms with Crippen LogP contribution in [0.2, 0.25) is 0 Å². The van der Waals surface area contributed by atoms with Crippen LogP contribution in [0.4, 0.5) is 0 Å². The van der Waals surface area contributed by atoms with E-state index in [1.165, 1.54) is 6.21 Å². The molecule has 0 fully saturated rings. The van der Waals surface area contributed by atoms with Gasteiger partial charge in [0.1, 0.15) is 0 Å². The molecule has 2 rings (SSSR count). The highest BCUT2D eigenvalue weighted by atomic mass is 79.9. The lowest BCUT2D eigenvalue weighted by Crippen LogP contribution is -2.18. The first-order valence-electron chi connectivity index (χ1n) is 9.41. The molecule has 0 heterocycles. The Morgan fingerprint density at radius 2 is 1.59 bits per heavy atom. The molecule has 0 aliphatic rings. The van der Waals surface area contributed by atoms with Crippen LogP contribution in [0.15, 0.2) is 52.0 Å². The Hall–Kier alpha value is -2.80. The molecule has 0 aliphatic heterocycles. The van der Waals surface area contributed by atoms with Gasteiger partial charge in [-0.15, -0.1) is 0 Å². The highest BCUT2D eigenvalue weighted by Crippen LogP contribution is 2.39. The Labute approximate surface area is 179 Å². The van der Waals surface area contributed by atoms with Crippen LogP contribution in [0.3, 0.4) is 0 Å². The minimum absolute atomic E-state index is 0.362. The average Bonchev–Trinajstić information content (AvgIpc) is 2.71. The van der Waals surface area contributed by atoms with E-state index in [2.05, 4.69) is 26.5 Å². The van der Waals surface area contributed by atoms with E-state index in [4.69, 9.17) is 14.2 Å². The first-order chi connectivity index (χ1) is 14.1. The van der Waals surface area contributed by atoms with E-state index < -0.39 is 0 Å². The number of allylic oxidation sites excluding steroid dienone is 1. The topological polar surface area (TPSA) is 69.2 Å². The normalized spacial score (nSPS) is 11.4. The molecule has 0 saturated carbocycles. The number of nitrogens with one attached hydrogen (secondary N) is 1. The van der Waals surface area contributed by atoms with Crippen LogP contribution in [0.5, 0.6) is 17.2 Å². The monoisotopic (exact) mass is 460 g/mol. The van der Waals surface area contributed by atoms with Gasteiger partial charge in [0.25, 0.3) is 5.91 Å². The lowest BCUT2D eigenvalue weighted by Gasteiger charge is -2.16. The molecule has 0 aromatic heterocycles. The van der Waals surface area contributed by atoms with Crippen LogP contribution in [0, 0.1) is 0 Å². The van der Waals surface area contributed by atoms with Gasteiger partial charge in [-0.05, 0) is 60.5 Å². The zero-order chi connectivity index (χ0) is 21.1. The second kappa shape index (κ2) is 11.9. The van der Waals surface area contributed by atoms with Gasteiger partial charge in [0.05, 0.1) is 26.0 Å². The van der Waals surface area contributed by atoms with Crippen molar-refractivity contribution in [1.82, 2.24) is 5.43 Å². The van der Waals surface area contributed by atoms with Crippen molar-refractivity contribution < 1.29 is 19.0 Å². The number of benzene rings is 2. The van der Waals surface area contributed by atoms with E-state index in [9.17, 15) is 4.79 Å². The molecule has 154 valence electrons. The van der Waals surface area contributed by atoms with E-state index in [1.807, 2.05) is 57.2 Å². The summed E-state index contributed by atoms with van der Waals surface area (Å²) in [5, 5.41) is 4.00. The largest absolute Gasteiger partial charge is 0.490 e. The van der Waals surface area contributed by atoms with Crippen molar-refractivity contribution in [3.8, 4) is 17.2 Å². The van der Waals surface area contributed by atoms with Gasteiger partial charge in [-0.3, -0.25) is 4.79 Å². The number of carbonyl (C=O) groups excluding carboxylic acids is 1. The lowest BCUT2D eigenvalue weighted by molar-refractivity contribution is 0.0954. The van der Waals surface area contributed by atoms with Gasteiger partial charge in [-0.25, -0.2) is 5.43 Å². The molecule has 7 heteroatoms. The van der Waals surface area contributed by atoms with Gasteiger partial charge in [0.2, 0.25) is 5.75 Å². The third kappa shape index (κ3) is 6.94. The van der Waals surface area contributed by atoms with Crippen molar-refractivity contribution >= 4 is 34.1 Å². The molecular formula is C22H25BrN2O4. The van der Waals surface area contributed by atoms with Crippen molar-refractivity contribution in [2.45, 2.75) is 20.8 Å². The average molecular weight is 461 g/mol. The first-order valence-corrected chi connectivity index (χ1v) is 10.2. The third-order valence-corrected chi connectivity index (χ3v) is 4.06. The first kappa shape index (κ1) is 22.5. The van der Waals surface area contributed by atoms with Gasteiger partial charge in [-0.1, -0.05) is 30.3 Å². The maximum Gasteiger partial charge on any atom is 0.271 e. The van der Waals surface area contributed by atoms with Crippen LogP contribution in [-0.2, 0) is 0 Å². The Morgan fingerprint density at radius 3 is 2.14 bits per heavy atom. The molecule has 0 spiro atoms. The van der Waals surface area contributed by atoms with Crippen LogP contribution < -0.4 is 19.6 Å². The number of hydrazone groups is 1. The SMILES string of the molecule is CCOc1cc(C(=O)N/N=C/C(Br)=C/c2ccccc2)cc(OCC)c1OCC. The molecule has 1 amide bonds. The number of carbonyl (C=O) groups is 1. The number of rotatable bonds is 10. The Balaban J connectivity index is 2.17. The Kier molecular flexibility index (Phi) is 9.24. The van der Waals surface area contributed by atoms with E-state index in [-0.39, 0.29) is 5.91 Å². The van der Waals surface area contributed by atoms with Gasteiger partial charge in [0, 0.05) is 10.0 Å². The number of ether oxygens (including phenoxy) is 3. The number of hydrogen-bond acceptors (Lipinski definition) is 5. The summed E-state index contributed by atoms with van der Waals surface area (Å²) in [5.41, 5.74) is 3.90. The molecule has 0 bridgehead atoms. The highest BCUT2D eigenvalue weighted by molar-refractivity contribution is 9.12. The maximum atomic E-state index is 12.6. The highest BCUT2D eigenvalue weighted by Gasteiger charge is 2.18. The van der Waals surface area contributed by atoms with Gasteiger partial charge in [-0.2, -0.15) is 5.10 Å². The molecule has 0 aliphatic carbocycles. The summed E-state index contributed by atoms with van der Waals surface area (Å²) in [6.45, 7) is 6.94. The second-order valence-electron chi connectivity index (χ2n) is 5.74. The molecule has 29 heavy (non-hydrogen) atoms. The van der Waals surface area contributed by atoms with Crippen molar-refractivity contribution in [2.75, 3.05) is 19.8 Å². The zero-order valence-corrected chi connectivity index (χ0v) is 18.4. The number of hydrogen-bond donors (Lipinski definition) is 1. The number of amides is 1. The van der Waals surface area contributed by atoms with Gasteiger partial charge < -0.3 is 14.2 Å². The fourth-order valence-corrected chi connectivity index (χ4v) is 2.85. The Morgan fingerprint density at radius 1 is 1.00 bits per heavy atom. The van der Waals surface area contributed by atoms with Crippen LogP contribution in [0.1, 0.15) is 36.7 Å². The van der Waals surface area contributed by atoms with E-state index >= 15 is 0 Å². The summed E-state index contributed by atoms with van der Waals surface area (Å²) in [7, 11) is 0. The summed E-state index contributed by atoms with van der Waals surface area (Å²) >= 11 is 3.42. The van der Waals surface area contributed by atoms with Crippen molar-refractivity contribution in [1.29, 1.82) is 0 Å². The quantitative estimate of drug-likeness (QED) is 0.398. The summed E-state index contributed by atoms with van der Waals surface area (Å²) in [6, 6.07) is 13.0. The molecule has 6 nitrogen and oxygen atoms in total. The Bertz CT molecular complexity index is 839. The zero-order valence-electron chi connectivity index (χ0n) is 16.8. The van der Waals surface area contributed by atoms with Crippen molar-refractivity contribution in [2.24, 2.45) is 5.10 Å². The fraction of sp³-hybridized carbons (Fsp3) is 0.273. The predicted molar refractivity (Wildman–Crippen MR) is 119 cm³/mol. The van der Waals surface area contributed by atoms with Crippen LogP contribution >= 0.6 is 15.9 Å². The van der Waals surface area contributed by atoms with E-state index in [0.717, 1.165) is 10.0 Å². The van der Waals surface area contributed by atoms with Gasteiger partial charge >= 0.3 is 0 Å². The summed E-state index contributed by atoms with van der Waals surface area (Å²) in [6.07, 6.45) is 3.42. The van der Waals surface area contributed by atoms with Gasteiger partial charge in [0.15, 0.2) is 11.5 Å². The molecule has 0 atom stereocenters. The molecular weight excluding hydrogens is 436 g/mol. The fourth-order valence-electron chi connectivity index (χ4n) is 2.48.